The van der Waals surface area contributed by atoms with E-state index in [4.69, 9.17) is 4.43 Å². The Morgan fingerprint density at radius 2 is 1.88 bits per heavy atom. The first-order chi connectivity index (χ1) is 6.96. The van der Waals surface area contributed by atoms with Crippen LogP contribution in [0.5, 0.6) is 0 Å². The van der Waals surface area contributed by atoms with Crippen LogP contribution >= 0.6 is 15.9 Å². The summed E-state index contributed by atoms with van der Waals surface area (Å²) in [6.07, 6.45) is 3.66. The van der Waals surface area contributed by atoms with Crippen LogP contribution in [0, 0.1) is 5.41 Å². The smallest absolute Gasteiger partial charge is 0.192 e. The molecule has 0 heterocycles. The Labute approximate surface area is 110 Å². The molecule has 94 valence electrons. The monoisotopic (exact) mass is 304 g/mol. The zero-order valence-corrected chi connectivity index (χ0v) is 14.2. The first-order valence-electron chi connectivity index (χ1n) is 6.01. The van der Waals surface area contributed by atoms with Crippen molar-refractivity contribution >= 4 is 24.2 Å². The molecular formula is C13H25BrOSi. The molecule has 1 aliphatic rings. The molecule has 0 spiro atoms. The Morgan fingerprint density at radius 1 is 1.38 bits per heavy atom. The van der Waals surface area contributed by atoms with Crippen molar-refractivity contribution in [3.8, 4) is 0 Å². The quantitative estimate of drug-likeness (QED) is 0.646. The molecule has 0 aromatic carbocycles. The van der Waals surface area contributed by atoms with Crippen LogP contribution in [0.2, 0.25) is 18.1 Å². The number of rotatable bonds is 2. The fourth-order valence-corrected chi connectivity index (χ4v) is 4.06. The lowest BCUT2D eigenvalue weighted by Gasteiger charge is -2.41. The summed E-state index contributed by atoms with van der Waals surface area (Å²) in [5.41, 5.74) is 0.161. The molecule has 0 fully saturated rings. The van der Waals surface area contributed by atoms with Crippen LogP contribution < -0.4 is 0 Å². The summed E-state index contributed by atoms with van der Waals surface area (Å²) in [5, 5.41) is 0.290. The Bertz CT molecular complexity index is 300. The van der Waals surface area contributed by atoms with E-state index in [0.717, 1.165) is 6.42 Å². The van der Waals surface area contributed by atoms with Gasteiger partial charge in [0.25, 0.3) is 0 Å². The molecule has 0 bridgehead atoms. The normalized spacial score (nSPS) is 25.8. The molecular weight excluding hydrogens is 280 g/mol. The van der Waals surface area contributed by atoms with Gasteiger partial charge in [0.15, 0.2) is 8.32 Å². The molecule has 0 aliphatic heterocycles. The second-order valence-electron chi connectivity index (χ2n) is 6.98. The molecule has 0 radical (unpaired) electrons. The summed E-state index contributed by atoms with van der Waals surface area (Å²) in [6.45, 7) is 16.1. The maximum atomic E-state index is 6.51. The predicted octanol–water partition coefficient (Wildman–Crippen LogP) is 5.09. The second-order valence-corrected chi connectivity index (χ2v) is 12.8. The summed E-state index contributed by atoms with van der Waals surface area (Å²) in [5.74, 6) is 0. The van der Waals surface area contributed by atoms with Crippen molar-refractivity contribution in [1.82, 2.24) is 0 Å². The Hall–Kier alpha value is 0.397. The van der Waals surface area contributed by atoms with Gasteiger partial charge in [0.1, 0.15) is 0 Å². The van der Waals surface area contributed by atoms with Gasteiger partial charge in [0.2, 0.25) is 0 Å². The SMILES string of the molecule is CC1(C)C=C(Br)C[C@H]1O[Si](C)(C)C(C)(C)C. The minimum Gasteiger partial charge on any atom is -0.413 e. The summed E-state index contributed by atoms with van der Waals surface area (Å²) in [4.78, 5) is 0. The van der Waals surface area contributed by atoms with Crippen LogP contribution in [0.15, 0.2) is 10.6 Å². The fourth-order valence-electron chi connectivity index (χ4n) is 1.72. The number of halogens is 1. The van der Waals surface area contributed by atoms with Gasteiger partial charge >= 0.3 is 0 Å². The molecule has 1 atom stereocenters. The van der Waals surface area contributed by atoms with Gasteiger partial charge in [-0.05, 0) is 22.6 Å². The van der Waals surface area contributed by atoms with Gasteiger partial charge in [-0.15, -0.1) is 0 Å². The van der Waals surface area contributed by atoms with Crippen molar-refractivity contribution < 1.29 is 4.43 Å². The number of hydrogen-bond acceptors (Lipinski definition) is 1. The molecule has 0 saturated heterocycles. The third kappa shape index (κ3) is 2.99. The first-order valence-corrected chi connectivity index (χ1v) is 9.71. The van der Waals surface area contributed by atoms with E-state index >= 15 is 0 Å². The highest BCUT2D eigenvalue weighted by Crippen LogP contribution is 2.45. The average molecular weight is 305 g/mol. The maximum Gasteiger partial charge on any atom is 0.192 e. The standard InChI is InChI=1S/C13H25BrOSi/c1-12(2,3)16(6,7)15-11-8-10(14)9-13(11,4)5/h9,11H,8H2,1-7H3/t11-/m1/s1. The zero-order valence-electron chi connectivity index (χ0n) is 11.6. The molecule has 0 unspecified atom stereocenters. The molecule has 0 aromatic rings. The highest BCUT2D eigenvalue weighted by Gasteiger charge is 2.44. The van der Waals surface area contributed by atoms with Crippen LogP contribution in [-0.2, 0) is 4.43 Å². The average Bonchev–Trinajstić information content (AvgIpc) is 2.20. The van der Waals surface area contributed by atoms with E-state index < -0.39 is 8.32 Å². The third-order valence-corrected chi connectivity index (χ3v) is 9.02. The van der Waals surface area contributed by atoms with Crippen LogP contribution in [0.3, 0.4) is 0 Å². The van der Waals surface area contributed by atoms with Crippen molar-refractivity contribution in [2.75, 3.05) is 0 Å². The minimum atomic E-state index is -1.64. The van der Waals surface area contributed by atoms with E-state index in [2.05, 4.69) is 69.7 Å². The van der Waals surface area contributed by atoms with Gasteiger partial charge in [-0.1, -0.05) is 56.6 Å². The maximum absolute atomic E-state index is 6.51. The Balaban J connectivity index is 2.78. The summed E-state index contributed by atoms with van der Waals surface area (Å²) in [7, 11) is -1.64. The topological polar surface area (TPSA) is 9.23 Å². The van der Waals surface area contributed by atoms with E-state index in [-0.39, 0.29) is 10.5 Å². The molecule has 3 heteroatoms. The lowest BCUT2D eigenvalue weighted by Crippen LogP contribution is -2.46. The van der Waals surface area contributed by atoms with Crippen molar-refractivity contribution in [3.63, 3.8) is 0 Å². The molecule has 1 rings (SSSR count). The second kappa shape index (κ2) is 4.25. The van der Waals surface area contributed by atoms with Gasteiger partial charge in [-0.25, -0.2) is 0 Å². The van der Waals surface area contributed by atoms with E-state index in [1.807, 2.05) is 0 Å². The van der Waals surface area contributed by atoms with Crippen molar-refractivity contribution in [2.45, 2.75) is 65.3 Å². The predicted molar refractivity (Wildman–Crippen MR) is 77.5 cm³/mol. The third-order valence-electron chi connectivity index (χ3n) is 3.98. The minimum absolute atomic E-state index is 0.161. The van der Waals surface area contributed by atoms with Crippen LogP contribution in [0.4, 0.5) is 0 Å². The first kappa shape index (κ1) is 14.5. The van der Waals surface area contributed by atoms with E-state index in [0.29, 0.717) is 6.10 Å². The lowest BCUT2D eigenvalue weighted by atomic mass is 9.91. The largest absolute Gasteiger partial charge is 0.413 e. The van der Waals surface area contributed by atoms with Gasteiger partial charge < -0.3 is 4.43 Å². The van der Waals surface area contributed by atoms with Gasteiger partial charge in [0, 0.05) is 11.8 Å². The van der Waals surface area contributed by atoms with E-state index in [1.165, 1.54) is 4.48 Å². The van der Waals surface area contributed by atoms with E-state index in [1.54, 1.807) is 0 Å². The highest BCUT2D eigenvalue weighted by molar-refractivity contribution is 9.11. The van der Waals surface area contributed by atoms with Gasteiger partial charge in [-0.3, -0.25) is 0 Å². The van der Waals surface area contributed by atoms with Gasteiger partial charge in [-0.2, -0.15) is 0 Å². The highest BCUT2D eigenvalue weighted by atomic mass is 79.9. The zero-order chi connectivity index (χ0) is 12.8. The molecule has 16 heavy (non-hydrogen) atoms. The number of hydrogen-bond donors (Lipinski definition) is 0. The summed E-state index contributed by atoms with van der Waals surface area (Å²) in [6, 6.07) is 0. The van der Waals surface area contributed by atoms with Crippen LogP contribution in [0.25, 0.3) is 0 Å². The molecule has 0 saturated carbocycles. The fraction of sp³-hybridized carbons (Fsp3) is 0.846. The Morgan fingerprint density at radius 3 is 2.19 bits per heavy atom. The van der Waals surface area contributed by atoms with Crippen molar-refractivity contribution in [1.29, 1.82) is 0 Å². The van der Waals surface area contributed by atoms with Crippen molar-refractivity contribution in [2.24, 2.45) is 5.41 Å². The van der Waals surface area contributed by atoms with Crippen LogP contribution in [-0.4, -0.2) is 14.4 Å². The molecule has 0 amide bonds. The van der Waals surface area contributed by atoms with E-state index in [9.17, 15) is 0 Å². The lowest BCUT2D eigenvalue weighted by molar-refractivity contribution is 0.106. The molecule has 1 aliphatic carbocycles. The van der Waals surface area contributed by atoms with Gasteiger partial charge in [0.05, 0.1) is 6.10 Å². The summed E-state index contributed by atoms with van der Waals surface area (Å²) < 4.78 is 7.80. The molecule has 0 aromatic heterocycles. The summed E-state index contributed by atoms with van der Waals surface area (Å²) >= 11 is 3.61. The molecule has 1 nitrogen and oxygen atoms in total. The van der Waals surface area contributed by atoms with Crippen LogP contribution in [0.1, 0.15) is 41.0 Å². The van der Waals surface area contributed by atoms with Crippen molar-refractivity contribution in [3.05, 3.63) is 10.6 Å². The Kier molecular flexibility index (Phi) is 3.84. The molecule has 0 N–H and O–H groups in total.